The van der Waals surface area contributed by atoms with Gasteiger partial charge in [0.25, 0.3) is 0 Å². The molecule has 3 heteroatoms. The third-order valence-electron chi connectivity index (χ3n) is 4.07. The summed E-state index contributed by atoms with van der Waals surface area (Å²) in [5.41, 5.74) is 5.15. The Hall–Kier alpha value is -1.35. The molecule has 0 radical (unpaired) electrons. The summed E-state index contributed by atoms with van der Waals surface area (Å²) in [5, 5.41) is 3.41. The number of nitrogens with one attached hydrogen (secondary N) is 1. The molecule has 1 N–H and O–H groups in total. The van der Waals surface area contributed by atoms with Crippen molar-refractivity contribution in [1.82, 2.24) is 10.2 Å². The number of amides is 1. The molecule has 2 atom stereocenters. The van der Waals surface area contributed by atoms with Crippen LogP contribution in [-0.2, 0) is 4.79 Å². The van der Waals surface area contributed by atoms with E-state index in [0.717, 1.165) is 6.54 Å². The summed E-state index contributed by atoms with van der Waals surface area (Å²) in [7, 11) is 1.84. The first-order valence-corrected chi connectivity index (χ1v) is 7.36. The molecule has 1 amide bonds. The Balaban J connectivity index is 2.84. The minimum absolute atomic E-state index is 0.140. The van der Waals surface area contributed by atoms with E-state index in [9.17, 15) is 4.79 Å². The van der Waals surface area contributed by atoms with Gasteiger partial charge >= 0.3 is 0 Å². The second-order valence-corrected chi connectivity index (χ2v) is 5.76. The number of benzene rings is 1. The molecule has 0 heterocycles. The largest absolute Gasteiger partial charge is 0.345 e. The van der Waals surface area contributed by atoms with Crippen LogP contribution in [0, 0.1) is 20.8 Å². The first-order chi connectivity index (χ1) is 9.27. The molecule has 0 aliphatic heterocycles. The molecule has 0 saturated heterocycles. The van der Waals surface area contributed by atoms with Crippen molar-refractivity contribution in [1.29, 1.82) is 0 Å². The van der Waals surface area contributed by atoms with E-state index >= 15 is 0 Å². The summed E-state index contributed by atoms with van der Waals surface area (Å²) in [6.07, 6.45) is 0. The van der Waals surface area contributed by atoms with Crippen LogP contribution in [0.4, 0.5) is 0 Å². The number of hydrogen-bond donors (Lipinski definition) is 1. The predicted molar refractivity (Wildman–Crippen MR) is 85.0 cm³/mol. The molecule has 0 spiro atoms. The average Bonchev–Trinajstić information content (AvgIpc) is 2.40. The third-order valence-corrected chi connectivity index (χ3v) is 4.07. The summed E-state index contributed by atoms with van der Waals surface area (Å²) in [6, 6.07) is 4.44. The molecule has 20 heavy (non-hydrogen) atoms. The zero-order valence-corrected chi connectivity index (χ0v) is 13.9. The smallest absolute Gasteiger partial charge is 0.239 e. The highest BCUT2D eigenvalue weighted by molar-refractivity contribution is 5.81. The summed E-state index contributed by atoms with van der Waals surface area (Å²) in [4.78, 5) is 13.9. The maximum atomic E-state index is 12.1. The second-order valence-electron chi connectivity index (χ2n) is 5.76. The second kappa shape index (κ2) is 6.89. The van der Waals surface area contributed by atoms with Gasteiger partial charge in [-0.1, -0.05) is 12.1 Å². The maximum absolute atomic E-state index is 12.1. The lowest BCUT2D eigenvalue weighted by Gasteiger charge is -2.25. The van der Waals surface area contributed by atoms with Crippen molar-refractivity contribution in [3.8, 4) is 0 Å². The molecule has 1 aromatic rings. The number of rotatable bonds is 5. The number of carbonyl (C=O) groups is 1. The molecule has 0 fully saturated rings. The third kappa shape index (κ3) is 3.83. The van der Waals surface area contributed by atoms with Gasteiger partial charge in [-0.2, -0.15) is 0 Å². The van der Waals surface area contributed by atoms with Crippen LogP contribution in [0.15, 0.2) is 12.1 Å². The molecule has 0 aromatic heterocycles. The Morgan fingerprint density at radius 1 is 1.15 bits per heavy atom. The minimum atomic E-state index is -0.170. The Morgan fingerprint density at radius 3 is 2.25 bits per heavy atom. The standard InChI is InChI=1S/C17H28N2O/c1-8-19(7)17(20)15(6)18-14(5)16-10-12(3)11(2)9-13(16)4/h9-10,14-15,18H,8H2,1-7H3. The molecule has 3 nitrogen and oxygen atoms in total. The normalized spacial score (nSPS) is 13.9. The number of carbonyl (C=O) groups excluding carboxylic acids is 1. The molecular weight excluding hydrogens is 248 g/mol. The summed E-state index contributed by atoms with van der Waals surface area (Å²) >= 11 is 0. The van der Waals surface area contributed by atoms with E-state index < -0.39 is 0 Å². The van der Waals surface area contributed by atoms with Gasteiger partial charge in [0.15, 0.2) is 0 Å². The van der Waals surface area contributed by atoms with E-state index in [1.807, 2.05) is 20.9 Å². The quantitative estimate of drug-likeness (QED) is 0.896. The number of hydrogen-bond acceptors (Lipinski definition) is 2. The highest BCUT2D eigenvalue weighted by atomic mass is 16.2. The van der Waals surface area contributed by atoms with E-state index in [2.05, 4.69) is 45.1 Å². The SMILES string of the molecule is CCN(C)C(=O)C(C)NC(C)c1cc(C)c(C)cc1C. The Kier molecular flexibility index (Phi) is 5.75. The average molecular weight is 276 g/mol. The van der Waals surface area contributed by atoms with Gasteiger partial charge < -0.3 is 4.90 Å². The van der Waals surface area contributed by atoms with Gasteiger partial charge in [0.2, 0.25) is 5.91 Å². The molecule has 0 aliphatic rings. The predicted octanol–water partition coefficient (Wildman–Crippen LogP) is 3.13. The van der Waals surface area contributed by atoms with Crippen LogP contribution in [0.1, 0.15) is 49.1 Å². The molecule has 0 aliphatic carbocycles. The Bertz CT molecular complexity index is 482. The van der Waals surface area contributed by atoms with Gasteiger partial charge in [0.1, 0.15) is 0 Å². The van der Waals surface area contributed by atoms with Gasteiger partial charge in [-0.15, -0.1) is 0 Å². The highest BCUT2D eigenvalue weighted by Crippen LogP contribution is 2.22. The highest BCUT2D eigenvalue weighted by Gasteiger charge is 2.19. The zero-order valence-electron chi connectivity index (χ0n) is 13.9. The van der Waals surface area contributed by atoms with Gasteiger partial charge in [0, 0.05) is 19.6 Å². The molecule has 112 valence electrons. The van der Waals surface area contributed by atoms with Crippen LogP contribution in [0.5, 0.6) is 0 Å². The van der Waals surface area contributed by atoms with Crippen molar-refractivity contribution in [3.63, 3.8) is 0 Å². The van der Waals surface area contributed by atoms with Crippen LogP contribution >= 0.6 is 0 Å². The topological polar surface area (TPSA) is 32.3 Å². The van der Waals surface area contributed by atoms with Crippen LogP contribution in [0.25, 0.3) is 0 Å². The molecule has 0 saturated carbocycles. The van der Waals surface area contributed by atoms with Crippen molar-refractivity contribution < 1.29 is 4.79 Å². The van der Waals surface area contributed by atoms with E-state index in [-0.39, 0.29) is 18.0 Å². The monoisotopic (exact) mass is 276 g/mol. The van der Waals surface area contributed by atoms with Crippen LogP contribution in [0.3, 0.4) is 0 Å². The number of aryl methyl sites for hydroxylation is 3. The summed E-state index contributed by atoms with van der Waals surface area (Å²) in [6.45, 7) is 13.2. The fourth-order valence-electron chi connectivity index (χ4n) is 2.47. The lowest BCUT2D eigenvalue weighted by atomic mass is 9.96. The molecule has 0 bridgehead atoms. The van der Waals surface area contributed by atoms with Crippen LogP contribution in [0.2, 0.25) is 0 Å². The van der Waals surface area contributed by atoms with Crippen molar-refractivity contribution in [2.24, 2.45) is 0 Å². The Labute approximate surface area is 123 Å². The van der Waals surface area contributed by atoms with E-state index in [4.69, 9.17) is 0 Å². The number of nitrogens with zero attached hydrogens (tertiary/aromatic N) is 1. The van der Waals surface area contributed by atoms with Gasteiger partial charge in [0.05, 0.1) is 6.04 Å². The van der Waals surface area contributed by atoms with E-state index in [0.29, 0.717) is 0 Å². The Morgan fingerprint density at radius 2 is 1.70 bits per heavy atom. The fraction of sp³-hybridized carbons (Fsp3) is 0.588. The molecule has 1 rings (SSSR count). The fourth-order valence-corrected chi connectivity index (χ4v) is 2.47. The summed E-state index contributed by atoms with van der Waals surface area (Å²) in [5.74, 6) is 0.140. The van der Waals surface area contributed by atoms with Gasteiger partial charge in [-0.25, -0.2) is 0 Å². The van der Waals surface area contributed by atoms with E-state index in [1.165, 1.54) is 22.3 Å². The van der Waals surface area contributed by atoms with Crippen LogP contribution in [-0.4, -0.2) is 30.4 Å². The van der Waals surface area contributed by atoms with Gasteiger partial charge in [-0.3, -0.25) is 10.1 Å². The molecular formula is C17H28N2O. The van der Waals surface area contributed by atoms with Crippen molar-refractivity contribution in [3.05, 3.63) is 34.4 Å². The molecule has 2 unspecified atom stereocenters. The van der Waals surface area contributed by atoms with Crippen LogP contribution < -0.4 is 5.32 Å². The zero-order chi connectivity index (χ0) is 15.4. The number of likely N-dealkylation sites (N-methyl/N-ethyl adjacent to an activating group) is 1. The van der Waals surface area contributed by atoms with Crippen molar-refractivity contribution >= 4 is 5.91 Å². The van der Waals surface area contributed by atoms with E-state index in [1.54, 1.807) is 4.90 Å². The molecule has 1 aromatic carbocycles. The maximum Gasteiger partial charge on any atom is 0.239 e. The minimum Gasteiger partial charge on any atom is -0.345 e. The first kappa shape index (κ1) is 16.7. The summed E-state index contributed by atoms with van der Waals surface area (Å²) < 4.78 is 0. The van der Waals surface area contributed by atoms with Crippen molar-refractivity contribution in [2.45, 2.75) is 53.6 Å². The lowest BCUT2D eigenvalue weighted by molar-refractivity contribution is -0.131. The lowest BCUT2D eigenvalue weighted by Crippen LogP contribution is -2.44. The van der Waals surface area contributed by atoms with Crippen molar-refractivity contribution in [2.75, 3.05) is 13.6 Å². The van der Waals surface area contributed by atoms with Gasteiger partial charge in [-0.05, 0) is 63.8 Å². The first-order valence-electron chi connectivity index (χ1n) is 7.36.